The van der Waals surface area contributed by atoms with Gasteiger partial charge in [-0.15, -0.1) is 0 Å². The van der Waals surface area contributed by atoms with Gasteiger partial charge in [0.1, 0.15) is 11.6 Å². The molecule has 5 heteroatoms. The van der Waals surface area contributed by atoms with E-state index >= 15 is 0 Å². The number of H-pyrrole nitrogens is 1. The van der Waals surface area contributed by atoms with Crippen LogP contribution in [0.4, 0.5) is 4.39 Å². The SMILES string of the molecule is CN(Cc1ncc[nH]1)C(=O)c1ccccc1F. The van der Waals surface area contributed by atoms with E-state index in [9.17, 15) is 9.18 Å². The molecule has 0 fully saturated rings. The standard InChI is InChI=1S/C12H12FN3O/c1-16(8-11-14-6-7-15-11)12(17)9-4-2-3-5-10(9)13/h2-7H,8H2,1H3,(H,14,15). The molecular formula is C12H12FN3O. The van der Waals surface area contributed by atoms with E-state index in [1.165, 1.54) is 17.0 Å². The Morgan fingerprint density at radius 2 is 2.24 bits per heavy atom. The zero-order valence-corrected chi connectivity index (χ0v) is 9.35. The van der Waals surface area contributed by atoms with Gasteiger partial charge < -0.3 is 9.88 Å². The molecule has 0 atom stereocenters. The molecule has 2 aromatic rings. The van der Waals surface area contributed by atoms with Crippen molar-refractivity contribution in [2.24, 2.45) is 0 Å². The molecule has 0 saturated carbocycles. The lowest BCUT2D eigenvalue weighted by molar-refractivity contribution is 0.0777. The van der Waals surface area contributed by atoms with E-state index in [2.05, 4.69) is 9.97 Å². The maximum Gasteiger partial charge on any atom is 0.256 e. The number of hydrogen-bond acceptors (Lipinski definition) is 2. The predicted octanol–water partition coefficient (Wildman–Crippen LogP) is 1.82. The smallest absolute Gasteiger partial charge is 0.256 e. The third-order valence-electron chi connectivity index (χ3n) is 2.39. The zero-order valence-electron chi connectivity index (χ0n) is 9.35. The molecule has 1 aromatic heterocycles. The summed E-state index contributed by atoms with van der Waals surface area (Å²) in [5.74, 6) is -0.208. The normalized spacial score (nSPS) is 10.2. The maximum absolute atomic E-state index is 13.4. The van der Waals surface area contributed by atoms with Gasteiger partial charge in [0.05, 0.1) is 12.1 Å². The first-order valence-electron chi connectivity index (χ1n) is 5.16. The quantitative estimate of drug-likeness (QED) is 0.879. The highest BCUT2D eigenvalue weighted by molar-refractivity contribution is 5.94. The Morgan fingerprint density at radius 1 is 1.47 bits per heavy atom. The minimum Gasteiger partial charge on any atom is -0.347 e. The zero-order chi connectivity index (χ0) is 12.3. The van der Waals surface area contributed by atoms with Crippen molar-refractivity contribution < 1.29 is 9.18 Å². The number of hydrogen-bond donors (Lipinski definition) is 1. The van der Waals surface area contributed by atoms with Crippen molar-refractivity contribution >= 4 is 5.91 Å². The van der Waals surface area contributed by atoms with Crippen LogP contribution < -0.4 is 0 Å². The summed E-state index contributed by atoms with van der Waals surface area (Å²) in [6.45, 7) is 0.320. The number of amides is 1. The third-order valence-corrected chi connectivity index (χ3v) is 2.39. The van der Waals surface area contributed by atoms with E-state index in [4.69, 9.17) is 0 Å². The van der Waals surface area contributed by atoms with E-state index in [0.717, 1.165) is 0 Å². The first-order chi connectivity index (χ1) is 8.18. The number of aromatic amines is 1. The van der Waals surface area contributed by atoms with Crippen LogP contribution in [0, 0.1) is 5.82 Å². The third kappa shape index (κ3) is 2.50. The Bertz CT molecular complexity index is 510. The average molecular weight is 233 g/mol. The van der Waals surface area contributed by atoms with Crippen LogP contribution in [0.5, 0.6) is 0 Å². The first kappa shape index (κ1) is 11.3. The molecule has 0 bridgehead atoms. The van der Waals surface area contributed by atoms with Crippen LogP contribution in [0.25, 0.3) is 0 Å². The van der Waals surface area contributed by atoms with Gasteiger partial charge in [0.15, 0.2) is 0 Å². The molecule has 0 spiro atoms. The number of carbonyl (C=O) groups is 1. The Kier molecular flexibility index (Phi) is 3.18. The Balaban J connectivity index is 2.13. The summed E-state index contributed by atoms with van der Waals surface area (Å²) < 4.78 is 13.4. The Hall–Kier alpha value is -2.17. The minimum absolute atomic E-state index is 0.0709. The van der Waals surface area contributed by atoms with Gasteiger partial charge in [-0.1, -0.05) is 12.1 Å². The highest BCUT2D eigenvalue weighted by atomic mass is 19.1. The van der Waals surface area contributed by atoms with Crippen LogP contribution in [0.3, 0.4) is 0 Å². The van der Waals surface area contributed by atoms with Gasteiger partial charge in [0.25, 0.3) is 5.91 Å². The van der Waals surface area contributed by atoms with Crippen LogP contribution >= 0.6 is 0 Å². The van der Waals surface area contributed by atoms with E-state index in [0.29, 0.717) is 12.4 Å². The van der Waals surface area contributed by atoms with E-state index in [-0.39, 0.29) is 11.5 Å². The molecule has 0 aliphatic heterocycles. The molecule has 0 radical (unpaired) electrons. The largest absolute Gasteiger partial charge is 0.347 e. The molecule has 0 aliphatic rings. The molecule has 0 aliphatic carbocycles. The van der Waals surface area contributed by atoms with Crippen molar-refractivity contribution in [2.45, 2.75) is 6.54 Å². The molecule has 1 heterocycles. The summed E-state index contributed by atoms with van der Waals surface area (Å²) in [5.41, 5.74) is 0.0709. The van der Waals surface area contributed by atoms with Gasteiger partial charge >= 0.3 is 0 Å². The molecule has 1 aromatic carbocycles. The van der Waals surface area contributed by atoms with Crippen molar-refractivity contribution in [2.75, 3.05) is 7.05 Å². The predicted molar refractivity (Wildman–Crippen MR) is 60.8 cm³/mol. The van der Waals surface area contributed by atoms with Crippen LogP contribution in [0.1, 0.15) is 16.2 Å². The number of rotatable bonds is 3. The highest BCUT2D eigenvalue weighted by Crippen LogP contribution is 2.10. The number of nitrogens with one attached hydrogen (secondary N) is 1. The lowest BCUT2D eigenvalue weighted by Gasteiger charge is -2.16. The van der Waals surface area contributed by atoms with Crippen LogP contribution in [0.2, 0.25) is 0 Å². The summed E-state index contributed by atoms with van der Waals surface area (Å²) in [6.07, 6.45) is 3.29. The van der Waals surface area contributed by atoms with Gasteiger partial charge in [-0.25, -0.2) is 9.37 Å². The molecule has 0 unspecified atom stereocenters. The summed E-state index contributed by atoms with van der Waals surface area (Å²) in [5, 5.41) is 0. The van der Waals surface area contributed by atoms with Gasteiger partial charge in [0.2, 0.25) is 0 Å². The van der Waals surface area contributed by atoms with E-state index in [1.807, 2.05) is 0 Å². The fourth-order valence-corrected chi connectivity index (χ4v) is 1.52. The number of carbonyl (C=O) groups excluding carboxylic acids is 1. The van der Waals surface area contributed by atoms with E-state index in [1.54, 1.807) is 31.6 Å². The summed E-state index contributed by atoms with van der Waals surface area (Å²) in [6, 6.07) is 5.93. The molecule has 17 heavy (non-hydrogen) atoms. The number of imidazole rings is 1. The number of nitrogens with zero attached hydrogens (tertiary/aromatic N) is 2. The molecule has 1 N–H and O–H groups in total. The summed E-state index contributed by atoms with van der Waals surface area (Å²) in [7, 11) is 1.61. The van der Waals surface area contributed by atoms with E-state index < -0.39 is 5.82 Å². The highest BCUT2D eigenvalue weighted by Gasteiger charge is 2.16. The molecular weight excluding hydrogens is 221 g/mol. The lowest BCUT2D eigenvalue weighted by Crippen LogP contribution is -2.27. The molecule has 1 amide bonds. The second-order valence-corrected chi connectivity index (χ2v) is 3.68. The second kappa shape index (κ2) is 4.78. The molecule has 0 saturated heterocycles. The van der Waals surface area contributed by atoms with Crippen LogP contribution in [0.15, 0.2) is 36.7 Å². The van der Waals surface area contributed by atoms with Gasteiger partial charge in [-0.2, -0.15) is 0 Å². The lowest BCUT2D eigenvalue weighted by atomic mass is 10.2. The first-order valence-corrected chi connectivity index (χ1v) is 5.16. The van der Waals surface area contributed by atoms with Crippen molar-refractivity contribution in [3.05, 3.63) is 53.9 Å². The fourth-order valence-electron chi connectivity index (χ4n) is 1.52. The van der Waals surface area contributed by atoms with Crippen LogP contribution in [-0.4, -0.2) is 27.8 Å². The number of halogens is 1. The average Bonchev–Trinajstić information content (AvgIpc) is 2.81. The van der Waals surface area contributed by atoms with Crippen molar-refractivity contribution in [1.29, 1.82) is 0 Å². The molecule has 2 rings (SSSR count). The minimum atomic E-state index is -0.510. The number of benzene rings is 1. The molecule has 4 nitrogen and oxygen atoms in total. The molecule has 88 valence electrons. The summed E-state index contributed by atoms with van der Waals surface area (Å²) >= 11 is 0. The second-order valence-electron chi connectivity index (χ2n) is 3.68. The van der Waals surface area contributed by atoms with Crippen LogP contribution in [-0.2, 0) is 6.54 Å². The van der Waals surface area contributed by atoms with Gasteiger partial charge in [-0.3, -0.25) is 4.79 Å². The van der Waals surface area contributed by atoms with Crippen molar-refractivity contribution in [1.82, 2.24) is 14.9 Å². The topological polar surface area (TPSA) is 49.0 Å². The summed E-state index contributed by atoms with van der Waals surface area (Å²) in [4.78, 5) is 20.3. The fraction of sp³-hybridized carbons (Fsp3) is 0.167. The Morgan fingerprint density at radius 3 is 2.88 bits per heavy atom. The monoisotopic (exact) mass is 233 g/mol. The van der Waals surface area contributed by atoms with Crippen molar-refractivity contribution in [3.8, 4) is 0 Å². The Labute approximate surface area is 98.1 Å². The van der Waals surface area contributed by atoms with Crippen molar-refractivity contribution in [3.63, 3.8) is 0 Å². The van der Waals surface area contributed by atoms with Gasteiger partial charge in [-0.05, 0) is 12.1 Å². The maximum atomic E-state index is 13.4. The van der Waals surface area contributed by atoms with Gasteiger partial charge in [0, 0.05) is 19.4 Å². The number of aromatic nitrogens is 2.